The number of amides is 1. The number of thiophene rings is 1. The average molecular weight is 471 g/mol. The number of nitrogens with zero attached hydrogens (tertiary/aromatic N) is 1. The van der Waals surface area contributed by atoms with Gasteiger partial charge in [0, 0.05) is 35.8 Å². The van der Waals surface area contributed by atoms with Gasteiger partial charge in [-0.15, -0.1) is 11.3 Å². The maximum atomic E-state index is 13.0. The molecule has 0 atom stereocenters. The summed E-state index contributed by atoms with van der Waals surface area (Å²) in [7, 11) is -3.68. The van der Waals surface area contributed by atoms with Gasteiger partial charge in [-0.2, -0.15) is 4.31 Å². The number of hydrogen-bond acceptors (Lipinski definition) is 5. The van der Waals surface area contributed by atoms with Gasteiger partial charge in [0.05, 0.1) is 4.90 Å². The van der Waals surface area contributed by atoms with E-state index in [1.165, 1.54) is 39.0 Å². The summed E-state index contributed by atoms with van der Waals surface area (Å²) in [6, 6.07) is 14.4. The maximum Gasteiger partial charge on any atom is 0.243 e. The first-order chi connectivity index (χ1) is 15.4. The number of sulfonamides is 1. The molecule has 1 N–H and O–H groups in total. The van der Waals surface area contributed by atoms with Gasteiger partial charge < -0.3 is 5.32 Å². The zero-order valence-electron chi connectivity index (χ0n) is 17.9. The normalized spacial score (nSPS) is 15.7. The molecule has 4 rings (SSSR count). The van der Waals surface area contributed by atoms with Crippen LogP contribution < -0.4 is 5.32 Å². The van der Waals surface area contributed by atoms with Crippen molar-refractivity contribution >= 4 is 43.1 Å². The van der Waals surface area contributed by atoms with E-state index in [1.54, 1.807) is 23.5 Å². The fourth-order valence-corrected chi connectivity index (χ4v) is 6.59. The van der Waals surface area contributed by atoms with Crippen LogP contribution in [0.5, 0.6) is 0 Å². The molecule has 2 aromatic carbocycles. The van der Waals surface area contributed by atoms with Crippen LogP contribution in [-0.2, 0) is 21.2 Å². The number of hydrogen-bond donors (Lipinski definition) is 1. The first-order valence-corrected chi connectivity index (χ1v) is 13.0. The summed E-state index contributed by atoms with van der Waals surface area (Å²) in [6.07, 6.45) is 1.74. The largest absolute Gasteiger partial charge is 0.356 e. The summed E-state index contributed by atoms with van der Waals surface area (Å²) in [6.45, 7) is 2.56. The number of piperidine rings is 1. The summed E-state index contributed by atoms with van der Waals surface area (Å²) in [5, 5.41) is 6.40. The molecule has 1 aromatic heterocycles. The van der Waals surface area contributed by atoms with Gasteiger partial charge in [0.25, 0.3) is 0 Å². The number of carbonyl (C=O) groups is 2. The molecule has 0 spiro atoms. The molecule has 1 saturated heterocycles. The quantitative estimate of drug-likeness (QED) is 0.532. The predicted molar refractivity (Wildman–Crippen MR) is 126 cm³/mol. The van der Waals surface area contributed by atoms with Gasteiger partial charge in [0.1, 0.15) is 0 Å². The third kappa shape index (κ3) is 4.77. The highest BCUT2D eigenvalue weighted by atomic mass is 32.2. The average Bonchev–Trinajstić information content (AvgIpc) is 3.22. The smallest absolute Gasteiger partial charge is 0.243 e. The van der Waals surface area contributed by atoms with Gasteiger partial charge in [-0.3, -0.25) is 9.59 Å². The van der Waals surface area contributed by atoms with Crippen LogP contribution in [0, 0.1) is 5.92 Å². The summed E-state index contributed by atoms with van der Waals surface area (Å²) in [5.74, 6) is -0.378. The van der Waals surface area contributed by atoms with Crippen molar-refractivity contribution in [1.29, 1.82) is 0 Å². The molecule has 1 aliphatic heterocycles. The molecule has 168 valence electrons. The van der Waals surface area contributed by atoms with E-state index in [9.17, 15) is 18.0 Å². The Balaban J connectivity index is 1.30. The zero-order valence-corrected chi connectivity index (χ0v) is 19.5. The first-order valence-electron chi connectivity index (χ1n) is 10.7. The van der Waals surface area contributed by atoms with E-state index in [0.29, 0.717) is 38.0 Å². The molecule has 1 aliphatic rings. The van der Waals surface area contributed by atoms with E-state index in [4.69, 9.17) is 0 Å². The van der Waals surface area contributed by atoms with Gasteiger partial charge in [0.15, 0.2) is 5.78 Å². The van der Waals surface area contributed by atoms with Crippen LogP contribution >= 0.6 is 11.3 Å². The summed E-state index contributed by atoms with van der Waals surface area (Å²) in [5.41, 5.74) is 1.61. The van der Waals surface area contributed by atoms with Crippen molar-refractivity contribution in [3.63, 3.8) is 0 Å². The third-order valence-electron chi connectivity index (χ3n) is 5.96. The second-order valence-electron chi connectivity index (χ2n) is 8.06. The number of nitrogens with one attached hydrogen (secondary N) is 1. The van der Waals surface area contributed by atoms with Gasteiger partial charge >= 0.3 is 0 Å². The van der Waals surface area contributed by atoms with Crippen molar-refractivity contribution in [2.45, 2.75) is 31.1 Å². The lowest BCUT2D eigenvalue weighted by Crippen LogP contribution is -2.43. The number of Topliss-reactive ketones (excluding diaryl/α,β-unsaturated/α-hetero) is 1. The highest BCUT2D eigenvalue weighted by molar-refractivity contribution is 7.89. The van der Waals surface area contributed by atoms with Crippen LogP contribution in [-0.4, -0.2) is 44.0 Å². The van der Waals surface area contributed by atoms with Crippen LogP contribution in [0.4, 0.5) is 0 Å². The third-order valence-corrected chi connectivity index (χ3v) is 8.86. The number of rotatable bonds is 7. The van der Waals surface area contributed by atoms with Crippen LogP contribution in [0.2, 0.25) is 0 Å². The van der Waals surface area contributed by atoms with E-state index >= 15 is 0 Å². The van der Waals surface area contributed by atoms with Gasteiger partial charge in [-0.1, -0.05) is 30.3 Å². The van der Waals surface area contributed by atoms with E-state index in [1.807, 2.05) is 12.1 Å². The molecule has 0 radical (unpaired) electrons. The van der Waals surface area contributed by atoms with Crippen molar-refractivity contribution in [3.8, 4) is 0 Å². The number of benzene rings is 2. The minimum atomic E-state index is -3.68. The summed E-state index contributed by atoms with van der Waals surface area (Å²) in [4.78, 5) is 24.3. The number of carbonyl (C=O) groups excluding carboxylic acids is 2. The Labute approximate surface area is 192 Å². The van der Waals surface area contributed by atoms with Crippen LogP contribution in [0.3, 0.4) is 0 Å². The monoisotopic (exact) mass is 470 g/mol. The minimum absolute atomic E-state index is 0.0137. The van der Waals surface area contributed by atoms with Crippen LogP contribution in [0.15, 0.2) is 58.8 Å². The molecule has 3 aromatic rings. The highest BCUT2D eigenvalue weighted by Gasteiger charge is 2.32. The molecule has 6 nitrogen and oxygen atoms in total. The Bertz CT molecular complexity index is 1240. The summed E-state index contributed by atoms with van der Waals surface area (Å²) >= 11 is 1.71. The molecule has 0 aliphatic carbocycles. The fourth-order valence-electron chi connectivity index (χ4n) is 4.07. The molecule has 0 saturated carbocycles. The first kappa shape index (κ1) is 22.6. The SMILES string of the molecule is CC(=O)c1cccc(S(=O)(=O)N2CCC(C(=O)NCCc3csc4ccccc34)CC2)c1. The Morgan fingerprint density at radius 2 is 1.84 bits per heavy atom. The Morgan fingerprint density at radius 1 is 1.09 bits per heavy atom. The zero-order chi connectivity index (χ0) is 22.7. The van der Waals surface area contributed by atoms with Crippen molar-refractivity contribution < 1.29 is 18.0 Å². The van der Waals surface area contributed by atoms with Crippen molar-refractivity contribution in [3.05, 3.63) is 65.0 Å². The molecule has 1 fully saturated rings. The molecule has 1 amide bonds. The van der Waals surface area contributed by atoms with Gasteiger partial charge in [-0.25, -0.2) is 8.42 Å². The van der Waals surface area contributed by atoms with Crippen molar-refractivity contribution in [1.82, 2.24) is 9.62 Å². The topological polar surface area (TPSA) is 83.6 Å². The molecular weight excluding hydrogens is 444 g/mol. The molecular formula is C24H26N2O4S2. The summed E-state index contributed by atoms with van der Waals surface area (Å²) < 4.78 is 28.6. The second kappa shape index (κ2) is 9.52. The molecule has 0 unspecified atom stereocenters. The predicted octanol–water partition coefficient (Wildman–Crippen LogP) is 3.86. The standard InChI is InChI=1S/C24H26N2O4S2/c1-17(27)19-5-4-6-21(15-19)32(29,30)26-13-10-18(11-14-26)24(28)25-12-9-20-16-31-23-8-3-2-7-22(20)23/h2-8,15-16,18H,9-14H2,1H3,(H,25,28). The van der Waals surface area contributed by atoms with E-state index in [0.717, 1.165) is 6.42 Å². The molecule has 8 heteroatoms. The second-order valence-corrected chi connectivity index (χ2v) is 10.9. The van der Waals surface area contributed by atoms with Crippen molar-refractivity contribution in [2.24, 2.45) is 5.92 Å². The van der Waals surface area contributed by atoms with Crippen molar-refractivity contribution in [2.75, 3.05) is 19.6 Å². The van der Waals surface area contributed by atoms with Gasteiger partial charge in [0.2, 0.25) is 15.9 Å². The van der Waals surface area contributed by atoms with E-state index in [-0.39, 0.29) is 22.5 Å². The lowest BCUT2D eigenvalue weighted by Gasteiger charge is -2.30. The van der Waals surface area contributed by atoms with Gasteiger partial charge in [-0.05, 0) is 60.7 Å². The highest BCUT2D eigenvalue weighted by Crippen LogP contribution is 2.26. The van der Waals surface area contributed by atoms with E-state index < -0.39 is 10.0 Å². The lowest BCUT2D eigenvalue weighted by molar-refractivity contribution is -0.126. The Hall–Kier alpha value is -2.55. The molecule has 32 heavy (non-hydrogen) atoms. The lowest BCUT2D eigenvalue weighted by atomic mass is 9.97. The molecule has 0 bridgehead atoms. The fraction of sp³-hybridized carbons (Fsp3) is 0.333. The van der Waals surface area contributed by atoms with Crippen LogP contribution in [0.25, 0.3) is 10.1 Å². The number of fused-ring (bicyclic) bond motifs is 1. The minimum Gasteiger partial charge on any atom is -0.356 e. The maximum absolute atomic E-state index is 13.0. The number of ketones is 1. The Kier molecular flexibility index (Phi) is 6.74. The Morgan fingerprint density at radius 3 is 2.59 bits per heavy atom. The van der Waals surface area contributed by atoms with E-state index in [2.05, 4.69) is 22.8 Å². The van der Waals surface area contributed by atoms with Crippen LogP contribution in [0.1, 0.15) is 35.7 Å². The molecule has 2 heterocycles.